The van der Waals surface area contributed by atoms with Crippen molar-refractivity contribution in [1.29, 1.82) is 0 Å². The Morgan fingerprint density at radius 2 is 1.75 bits per heavy atom. The van der Waals surface area contributed by atoms with Gasteiger partial charge in [-0.25, -0.2) is 4.79 Å². The highest BCUT2D eigenvalue weighted by molar-refractivity contribution is 5.89. The van der Waals surface area contributed by atoms with Crippen molar-refractivity contribution < 1.29 is 9.53 Å². The molecule has 0 radical (unpaired) electrons. The zero-order chi connectivity index (χ0) is 20.3. The number of nitrogens with zero attached hydrogens (tertiary/aromatic N) is 2. The fraction of sp³-hybridized carbons (Fsp3) is 0.250. The molecule has 0 aliphatic heterocycles. The highest BCUT2D eigenvalue weighted by Crippen LogP contribution is 2.23. The second-order valence-electron chi connectivity index (χ2n) is 6.98. The van der Waals surface area contributed by atoms with Gasteiger partial charge in [-0.3, -0.25) is 4.99 Å². The molecule has 1 heterocycles. The lowest BCUT2D eigenvalue weighted by molar-refractivity contribution is 0.0526. The molecule has 0 aliphatic rings. The van der Waals surface area contributed by atoms with Gasteiger partial charge in [0, 0.05) is 28.9 Å². The number of carbonyl (C=O) groups is 1. The van der Waals surface area contributed by atoms with E-state index in [-0.39, 0.29) is 5.97 Å². The number of aryl methyl sites for hydroxylation is 3. The first kappa shape index (κ1) is 19.6. The molecule has 1 aromatic heterocycles. The number of aliphatic imine (C=N–C) groups is 1. The van der Waals surface area contributed by atoms with Crippen LogP contribution >= 0.6 is 0 Å². The maximum Gasteiger partial charge on any atom is 0.338 e. The van der Waals surface area contributed by atoms with Gasteiger partial charge < -0.3 is 9.30 Å². The second-order valence-corrected chi connectivity index (χ2v) is 6.98. The highest BCUT2D eigenvalue weighted by atomic mass is 16.5. The number of aromatic nitrogens is 1. The van der Waals surface area contributed by atoms with Crippen molar-refractivity contribution in [2.24, 2.45) is 4.99 Å². The van der Waals surface area contributed by atoms with Gasteiger partial charge in [0.05, 0.1) is 17.9 Å². The zero-order valence-corrected chi connectivity index (χ0v) is 17.1. The van der Waals surface area contributed by atoms with E-state index in [9.17, 15) is 4.79 Å². The van der Waals surface area contributed by atoms with Crippen LogP contribution in [0.1, 0.15) is 45.4 Å². The first-order valence-corrected chi connectivity index (χ1v) is 9.48. The Bertz CT molecular complexity index is 1030. The van der Waals surface area contributed by atoms with Crippen LogP contribution in [0.5, 0.6) is 0 Å². The minimum atomic E-state index is -0.295. The lowest BCUT2D eigenvalue weighted by atomic mass is 10.1. The molecule has 2 aromatic carbocycles. The van der Waals surface area contributed by atoms with E-state index in [0.29, 0.717) is 12.2 Å². The Morgan fingerprint density at radius 3 is 2.43 bits per heavy atom. The van der Waals surface area contributed by atoms with E-state index in [0.717, 1.165) is 33.9 Å². The van der Waals surface area contributed by atoms with Crippen molar-refractivity contribution in [2.45, 2.75) is 34.6 Å². The average Bonchev–Trinajstić information content (AvgIpc) is 2.96. The van der Waals surface area contributed by atoms with E-state index in [1.807, 2.05) is 18.3 Å². The number of benzene rings is 2. The third-order valence-corrected chi connectivity index (χ3v) is 4.81. The molecule has 28 heavy (non-hydrogen) atoms. The van der Waals surface area contributed by atoms with Crippen LogP contribution in [0.15, 0.2) is 53.5 Å². The summed E-state index contributed by atoms with van der Waals surface area (Å²) in [4.78, 5) is 16.6. The number of esters is 1. The predicted molar refractivity (Wildman–Crippen MR) is 114 cm³/mol. The summed E-state index contributed by atoms with van der Waals surface area (Å²) in [6.07, 6.45) is 1.92. The molecular weight excluding hydrogens is 348 g/mol. The molecule has 3 rings (SSSR count). The lowest BCUT2D eigenvalue weighted by Gasteiger charge is -2.10. The predicted octanol–water partition coefficient (Wildman–Crippen LogP) is 5.64. The van der Waals surface area contributed by atoms with Crippen LogP contribution in [0.25, 0.3) is 5.69 Å². The maximum atomic E-state index is 11.9. The van der Waals surface area contributed by atoms with Crippen LogP contribution in [-0.2, 0) is 4.74 Å². The van der Waals surface area contributed by atoms with Gasteiger partial charge in [0.2, 0.25) is 0 Å². The molecule has 3 aromatic rings. The fourth-order valence-corrected chi connectivity index (χ4v) is 3.27. The van der Waals surface area contributed by atoms with E-state index in [1.165, 1.54) is 5.56 Å². The number of carbonyl (C=O) groups excluding carboxylic acids is 1. The zero-order valence-electron chi connectivity index (χ0n) is 17.1. The summed E-state index contributed by atoms with van der Waals surface area (Å²) >= 11 is 0. The second kappa shape index (κ2) is 8.26. The molecule has 144 valence electrons. The Labute approximate surface area is 166 Å². The summed E-state index contributed by atoms with van der Waals surface area (Å²) < 4.78 is 7.22. The van der Waals surface area contributed by atoms with Crippen LogP contribution < -0.4 is 0 Å². The van der Waals surface area contributed by atoms with Crippen molar-refractivity contribution in [1.82, 2.24) is 4.57 Å². The number of hydrogen-bond acceptors (Lipinski definition) is 3. The van der Waals surface area contributed by atoms with Gasteiger partial charge >= 0.3 is 5.97 Å². The lowest BCUT2D eigenvalue weighted by Crippen LogP contribution is -2.05. The highest BCUT2D eigenvalue weighted by Gasteiger charge is 2.11. The monoisotopic (exact) mass is 374 g/mol. The largest absolute Gasteiger partial charge is 0.462 e. The first-order valence-electron chi connectivity index (χ1n) is 9.48. The minimum absolute atomic E-state index is 0.295. The molecule has 0 saturated carbocycles. The molecule has 0 amide bonds. The van der Waals surface area contributed by atoms with Crippen molar-refractivity contribution in [3.63, 3.8) is 0 Å². The Kier molecular flexibility index (Phi) is 5.78. The van der Waals surface area contributed by atoms with Crippen molar-refractivity contribution in [3.05, 3.63) is 82.2 Å². The SMILES string of the molecule is CCOC(=O)c1ccc(-n2c(C)cc(C=Nc3cc(C)ccc3C)c2C)cc1. The third kappa shape index (κ3) is 4.06. The van der Waals surface area contributed by atoms with E-state index in [4.69, 9.17) is 9.73 Å². The van der Waals surface area contributed by atoms with Gasteiger partial charge in [-0.05, 0) is 82.1 Å². The normalized spacial score (nSPS) is 11.2. The molecule has 0 saturated heterocycles. The maximum absolute atomic E-state index is 11.9. The minimum Gasteiger partial charge on any atom is -0.462 e. The van der Waals surface area contributed by atoms with Crippen molar-refractivity contribution >= 4 is 17.9 Å². The summed E-state index contributed by atoms with van der Waals surface area (Å²) in [5.74, 6) is -0.295. The molecule has 0 unspecified atom stereocenters. The molecule has 4 nitrogen and oxygen atoms in total. The van der Waals surface area contributed by atoms with Crippen molar-refractivity contribution in [2.75, 3.05) is 6.61 Å². The number of rotatable bonds is 5. The van der Waals surface area contributed by atoms with Crippen molar-refractivity contribution in [3.8, 4) is 5.69 Å². The number of hydrogen-bond donors (Lipinski definition) is 0. The summed E-state index contributed by atoms with van der Waals surface area (Å²) in [5.41, 5.74) is 8.21. The first-order chi connectivity index (χ1) is 13.4. The van der Waals surface area contributed by atoms with Crippen LogP contribution in [0.4, 0.5) is 5.69 Å². The molecule has 0 N–H and O–H groups in total. The standard InChI is InChI=1S/C24H26N2O2/c1-6-28-24(27)20-9-11-22(12-10-20)26-18(4)14-21(19(26)5)15-25-23-13-16(2)7-8-17(23)3/h7-15H,6H2,1-5H3. The van der Waals surface area contributed by atoms with Crippen LogP contribution in [-0.4, -0.2) is 23.4 Å². The molecular formula is C24H26N2O2. The Morgan fingerprint density at radius 1 is 1.04 bits per heavy atom. The van der Waals surface area contributed by atoms with Gasteiger partial charge in [-0.15, -0.1) is 0 Å². The summed E-state index contributed by atoms with van der Waals surface area (Å²) in [5, 5.41) is 0. The Hall–Kier alpha value is -3.14. The summed E-state index contributed by atoms with van der Waals surface area (Å²) in [6, 6.07) is 15.9. The molecule has 0 fully saturated rings. The van der Waals surface area contributed by atoms with E-state index in [2.05, 4.69) is 56.5 Å². The fourth-order valence-electron chi connectivity index (χ4n) is 3.27. The third-order valence-electron chi connectivity index (χ3n) is 4.81. The van der Waals surface area contributed by atoms with Crippen LogP contribution in [0.3, 0.4) is 0 Å². The quantitative estimate of drug-likeness (QED) is 0.428. The van der Waals surface area contributed by atoms with E-state index in [1.54, 1.807) is 19.1 Å². The molecule has 0 atom stereocenters. The summed E-state index contributed by atoms with van der Waals surface area (Å²) in [6.45, 7) is 10.5. The van der Waals surface area contributed by atoms with E-state index >= 15 is 0 Å². The topological polar surface area (TPSA) is 43.6 Å². The molecule has 4 heteroatoms. The van der Waals surface area contributed by atoms with Crippen LogP contribution in [0.2, 0.25) is 0 Å². The van der Waals surface area contributed by atoms with Gasteiger partial charge in [0.1, 0.15) is 0 Å². The average molecular weight is 374 g/mol. The Balaban J connectivity index is 1.91. The smallest absolute Gasteiger partial charge is 0.338 e. The molecule has 0 spiro atoms. The van der Waals surface area contributed by atoms with Gasteiger partial charge in [0.25, 0.3) is 0 Å². The van der Waals surface area contributed by atoms with Gasteiger partial charge in [0.15, 0.2) is 0 Å². The van der Waals surface area contributed by atoms with E-state index < -0.39 is 0 Å². The van der Waals surface area contributed by atoms with Gasteiger partial charge in [-0.2, -0.15) is 0 Å². The summed E-state index contributed by atoms with van der Waals surface area (Å²) in [7, 11) is 0. The number of ether oxygens (including phenoxy) is 1. The van der Waals surface area contributed by atoms with Gasteiger partial charge in [-0.1, -0.05) is 12.1 Å². The molecule has 0 aliphatic carbocycles. The van der Waals surface area contributed by atoms with Crippen LogP contribution in [0, 0.1) is 27.7 Å². The molecule has 0 bridgehead atoms.